The van der Waals surface area contributed by atoms with E-state index in [1.807, 2.05) is 45.0 Å². The van der Waals surface area contributed by atoms with Crippen molar-refractivity contribution >= 4 is 59.4 Å². The number of nitrogens with one attached hydrogen (secondary N) is 1. The Balaban J connectivity index is 2.02. The van der Waals surface area contributed by atoms with E-state index in [1.54, 1.807) is 43.3 Å². The molecule has 0 aliphatic carbocycles. The molecule has 0 aromatic heterocycles. The Bertz CT molecular complexity index is 1420. The van der Waals surface area contributed by atoms with Crippen molar-refractivity contribution in [2.45, 2.75) is 57.6 Å². The largest absolute Gasteiger partial charge is 0.494 e. The highest BCUT2D eigenvalue weighted by molar-refractivity contribution is 9.10. The number of anilines is 1. The predicted molar refractivity (Wildman–Crippen MR) is 168 cm³/mol. The zero-order valence-electron chi connectivity index (χ0n) is 23.5. The van der Waals surface area contributed by atoms with E-state index in [2.05, 4.69) is 37.2 Å². The van der Waals surface area contributed by atoms with Crippen LogP contribution in [0.15, 0.2) is 86.6 Å². The van der Waals surface area contributed by atoms with Gasteiger partial charge < -0.3 is 15.0 Å². The van der Waals surface area contributed by atoms with Crippen molar-refractivity contribution in [3.8, 4) is 5.75 Å². The molecule has 3 rings (SSSR count). The zero-order chi connectivity index (χ0) is 30.2. The van der Waals surface area contributed by atoms with E-state index in [9.17, 15) is 18.0 Å². The molecule has 0 heterocycles. The Morgan fingerprint density at radius 1 is 0.878 bits per heavy atom. The van der Waals surface area contributed by atoms with Gasteiger partial charge in [0, 0.05) is 21.5 Å². The minimum absolute atomic E-state index is 0.0319. The third kappa shape index (κ3) is 8.80. The second-order valence-electron chi connectivity index (χ2n) is 9.53. The molecule has 0 fully saturated rings. The zero-order valence-corrected chi connectivity index (χ0v) is 27.5. The highest BCUT2D eigenvalue weighted by Crippen LogP contribution is 2.27. The summed E-state index contributed by atoms with van der Waals surface area (Å²) < 4.78 is 36.0. The van der Waals surface area contributed by atoms with E-state index >= 15 is 0 Å². The number of benzene rings is 3. The van der Waals surface area contributed by atoms with Gasteiger partial charge in [0.15, 0.2) is 0 Å². The average molecular weight is 710 g/mol. The number of amides is 2. The molecule has 0 saturated heterocycles. The van der Waals surface area contributed by atoms with Crippen molar-refractivity contribution in [2.75, 3.05) is 17.5 Å². The highest BCUT2D eigenvalue weighted by Gasteiger charge is 2.32. The van der Waals surface area contributed by atoms with Gasteiger partial charge in [0.1, 0.15) is 18.3 Å². The van der Waals surface area contributed by atoms with Crippen LogP contribution in [0.25, 0.3) is 0 Å². The number of hydrogen-bond acceptors (Lipinski definition) is 5. The summed E-state index contributed by atoms with van der Waals surface area (Å²) in [5, 5.41) is 2.93. The maximum atomic E-state index is 14.0. The van der Waals surface area contributed by atoms with Crippen LogP contribution in [0.1, 0.15) is 39.7 Å². The number of ether oxygens (including phenoxy) is 1. The van der Waals surface area contributed by atoms with Crippen LogP contribution in [0.5, 0.6) is 5.75 Å². The molecule has 41 heavy (non-hydrogen) atoms. The summed E-state index contributed by atoms with van der Waals surface area (Å²) in [6.45, 7) is 7.43. The molecule has 3 aromatic rings. The molecule has 1 N–H and O–H groups in total. The SMILES string of the molecule is CCOc1ccc(N(CC(=O)N(Cc2ccc(Br)cc2)[C@@H](C)C(=O)N[C@@H](C)CC)S(=O)(=O)c2ccc(Br)cc2)cc1. The van der Waals surface area contributed by atoms with Crippen LogP contribution >= 0.6 is 31.9 Å². The summed E-state index contributed by atoms with van der Waals surface area (Å²) in [6, 6.07) is 19.2. The van der Waals surface area contributed by atoms with Crippen LogP contribution < -0.4 is 14.4 Å². The van der Waals surface area contributed by atoms with Crippen molar-refractivity contribution in [3.05, 3.63) is 87.3 Å². The first-order valence-corrected chi connectivity index (χ1v) is 16.3. The van der Waals surface area contributed by atoms with E-state index in [0.29, 0.717) is 18.0 Å². The van der Waals surface area contributed by atoms with Crippen LogP contribution in [0.3, 0.4) is 0 Å². The molecular weight excluding hydrogens is 674 g/mol. The first-order valence-electron chi connectivity index (χ1n) is 13.3. The number of nitrogens with zero attached hydrogens (tertiary/aromatic N) is 2. The number of carbonyl (C=O) groups excluding carboxylic acids is 2. The Morgan fingerprint density at radius 3 is 1.98 bits per heavy atom. The number of halogens is 2. The fourth-order valence-corrected chi connectivity index (χ4v) is 5.92. The molecule has 3 aromatic carbocycles. The van der Waals surface area contributed by atoms with Crippen molar-refractivity contribution in [2.24, 2.45) is 0 Å². The van der Waals surface area contributed by atoms with Gasteiger partial charge in [0.05, 0.1) is 17.2 Å². The number of rotatable bonds is 13. The fourth-order valence-electron chi connectivity index (χ4n) is 3.97. The van der Waals surface area contributed by atoms with Gasteiger partial charge in [-0.1, -0.05) is 50.9 Å². The molecule has 0 bridgehead atoms. The van der Waals surface area contributed by atoms with E-state index in [-0.39, 0.29) is 23.4 Å². The first kappa shape index (κ1) is 32.6. The van der Waals surface area contributed by atoms with Gasteiger partial charge in [-0.05, 0) is 93.4 Å². The molecular formula is C30H35Br2N3O5S. The minimum atomic E-state index is -4.15. The molecule has 0 spiro atoms. The molecule has 2 amide bonds. The first-order chi connectivity index (χ1) is 19.5. The Hall–Kier alpha value is -2.89. The van der Waals surface area contributed by atoms with Gasteiger partial charge in [0.25, 0.3) is 10.0 Å². The molecule has 220 valence electrons. The summed E-state index contributed by atoms with van der Waals surface area (Å²) >= 11 is 6.76. The van der Waals surface area contributed by atoms with Crippen LogP contribution in [0, 0.1) is 0 Å². The molecule has 0 aliphatic heterocycles. The normalized spacial score (nSPS) is 12.7. The van der Waals surface area contributed by atoms with Crippen molar-refractivity contribution < 1.29 is 22.7 Å². The Morgan fingerprint density at radius 2 is 1.44 bits per heavy atom. The summed E-state index contributed by atoms with van der Waals surface area (Å²) in [7, 11) is -4.15. The molecule has 8 nitrogen and oxygen atoms in total. The standard InChI is InChI=1S/C30H35Br2N3O5S/c1-5-21(3)33-30(37)22(4)34(19-23-7-9-24(31)10-8-23)29(36)20-35(26-13-15-27(16-14-26)40-6-2)41(38,39)28-17-11-25(32)12-18-28/h7-18,21-22H,5-6,19-20H2,1-4H3,(H,33,37)/t21-,22-/m0/s1. The topological polar surface area (TPSA) is 96.0 Å². The van der Waals surface area contributed by atoms with Crippen LogP contribution in [0.2, 0.25) is 0 Å². The van der Waals surface area contributed by atoms with Crippen LogP contribution in [0.4, 0.5) is 5.69 Å². The lowest BCUT2D eigenvalue weighted by atomic mass is 10.1. The molecule has 0 unspecified atom stereocenters. The summed E-state index contributed by atoms with van der Waals surface area (Å²) in [6.07, 6.45) is 0.732. The smallest absolute Gasteiger partial charge is 0.264 e. The molecule has 0 radical (unpaired) electrons. The van der Waals surface area contributed by atoms with Gasteiger partial charge in [-0.25, -0.2) is 8.42 Å². The van der Waals surface area contributed by atoms with Gasteiger partial charge in [0.2, 0.25) is 11.8 Å². The van der Waals surface area contributed by atoms with Gasteiger partial charge in [-0.3, -0.25) is 13.9 Å². The second kappa shape index (κ2) is 14.8. The molecule has 0 aliphatic rings. The maximum absolute atomic E-state index is 14.0. The van der Waals surface area contributed by atoms with Gasteiger partial charge >= 0.3 is 0 Å². The number of hydrogen-bond donors (Lipinski definition) is 1. The molecule has 2 atom stereocenters. The maximum Gasteiger partial charge on any atom is 0.264 e. The van der Waals surface area contributed by atoms with Crippen molar-refractivity contribution in [1.82, 2.24) is 10.2 Å². The quantitative estimate of drug-likeness (QED) is 0.230. The lowest BCUT2D eigenvalue weighted by Crippen LogP contribution is -2.52. The van der Waals surface area contributed by atoms with E-state index in [0.717, 1.165) is 25.2 Å². The summed E-state index contributed by atoms with van der Waals surface area (Å²) in [5.41, 5.74) is 1.10. The van der Waals surface area contributed by atoms with E-state index in [4.69, 9.17) is 4.74 Å². The van der Waals surface area contributed by atoms with E-state index in [1.165, 1.54) is 17.0 Å². The molecule has 0 saturated carbocycles. The lowest BCUT2D eigenvalue weighted by Gasteiger charge is -2.32. The fraction of sp³-hybridized carbons (Fsp3) is 0.333. The molecule has 11 heteroatoms. The monoisotopic (exact) mass is 707 g/mol. The van der Waals surface area contributed by atoms with Crippen molar-refractivity contribution in [3.63, 3.8) is 0 Å². The number of sulfonamides is 1. The Kier molecular flexibility index (Phi) is 11.8. The van der Waals surface area contributed by atoms with E-state index < -0.39 is 28.5 Å². The number of carbonyl (C=O) groups is 2. The summed E-state index contributed by atoms with van der Waals surface area (Å²) in [4.78, 5) is 28.6. The summed E-state index contributed by atoms with van der Waals surface area (Å²) in [5.74, 6) is -0.252. The van der Waals surface area contributed by atoms with Crippen molar-refractivity contribution in [1.29, 1.82) is 0 Å². The average Bonchev–Trinajstić information content (AvgIpc) is 2.95. The lowest BCUT2D eigenvalue weighted by molar-refractivity contribution is -0.139. The van der Waals surface area contributed by atoms with Crippen LogP contribution in [-0.2, 0) is 26.2 Å². The van der Waals surface area contributed by atoms with Gasteiger partial charge in [-0.2, -0.15) is 0 Å². The third-order valence-electron chi connectivity index (χ3n) is 6.55. The third-order valence-corrected chi connectivity index (χ3v) is 9.40. The van der Waals surface area contributed by atoms with Gasteiger partial charge in [-0.15, -0.1) is 0 Å². The van der Waals surface area contributed by atoms with Crippen LogP contribution in [-0.4, -0.2) is 50.4 Å². The Labute approximate surface area is 259 Å². The predicted octanol–water partition coefficient (Wildman–Crippen LogP) is 6.14. The highest BCUT2D eigenvalue weighted by atomic mass is 79.9. The second-order valence-corrected chi connectivity index (χ2v) is 13.2. The minimum Gasteiger partial charge on any atom is -0.494 e.